The maximum atomic E-state index is 6.11. The first kappa shape index (κ1) is 17.3. The number of benzene rings is 1. The molecule has 0 saturated heterocycles. The van der Waals surface area contributed by atoms with Crippen LogP contribution in [0.5, 0.6) is 0 Å². The van der Waals surface area contributed by atoms with Crippen LogP contribution in [-0.4, -0.2) is 0 Å². The molecule has 0 aromatic heterocycles. The summed E-state index contributed by atoms with van der Waals surface area (Å²) in [6.07, 6.45) is 1.90. The molecule has 0 fully saturated rings. The van der Waals surface area contributed by atoms with Gasteiger partial charge in [0.2, 0.25) is 0 Å². The van der Waals surface area contributed by atoms with Crippen LogP contribution < -0.4 is 5.73 Å². The summed E-state index contributed by atoms with van der Waals surface area (Å²) in [6.45, 7) is 4.32. The van der Waals surface area contributed by atoms with Crippen LogP contribution in [0, 0.1) is 5.92 Å². The highest BCUT2D eigenvalue weighted by molar-refractivity contribution is 6.44. The Kier molecular flexibility index (Phi) is 7.86. The molecular weight excluding hydrogens is 300 g/mol. The Balaban J connectivity index is 0.00000256. The van der Waals surface area contributed by atoms with Crippen LogP contribution in [0.1, 0.15) is 38.3 Å². The van der Waals surface area contributed by atoms with Crippen molar-refractivity contribution in [3.05, 3.63) is 32.8 Å². The summed E-state index contributed by atoms with van der Waals surface area (Å²) in [6, 6.07) is 3.27. The van der Waals surface area contributed by atoms with Crippen LogP contribution in [0.25, 0.3) is 0 Å². The first-order valence-corrected chi connectivity index (χ1v) is 6.45. The quantitative estimate of drug-likeness (QED) is 0.729. The molecule has 1 atom stereocenters. The molecule has 0 aliphatic carbocycles. The standard InChI is InChI=1S/C12H16Cl3N.ClH/c1-7(2)3-6-10(16)11-8(13)4-5-9(14)12(11)15;/h4-5,7,10H,3,6,16H2,1-2H3;1H/t10-;/m1./s1. The molecule has 5 heteroatoms. The summed E-state index contributed by atoms with van der Waals surface area (Å²) in [5, 5.41) is 1.57. The molecule has 1 nitrogen and oxygen atoms in total. The second-order valence-electron chi connectivity index (χ2n) is 4.33. The molecule has 0 bridgehead atoms. The molecule has 1 aromatic rings. The van der Waals surface area contributed by atoms with Gasteiger partial charge in [0, 0.05) is 16.6 Å². The Morgan fingerprint density at radius 3 is 2.12 bits per heavy atom. The van der Waals surface area contributed by atoms with E-state index in [9.17, 15) is 0 Å². The van der Waals surface area contributed by atoms with E-state index >= 15 is 0 Å². The van der Waals surface area contributed by atoms with Crippen LogP contribution in [0.2, 0.25) is 15.1 Å². The largest absolute Gasteiger partial charge is 0.324 e. The van der Waals surface area contributed by atoms with Crippen molar-refractivity contribution in [1.29, 1.82) is 0 Å². The van der Waals surface area contributed by atoms with E-state index in [-0.39, 0.29) is 18.4 Å². The molecule has 98 valence electrons. The van der Waals surface area contributed by atoms with Crippen molar-refractivity contribution in [3.63, 3.8) is 0 Å². The zero-order valence-corrected chi connectivity index (χ0v) is 12.9. The summed E-state index contributed by atoms with van der Waals surface area (Å²) in [7, 11) is 0. The number of nitrogens with two attached hydrogens (primary N) is 1. The van der Waals surface area contributed by atoms with Gasteiger partial charge in [0.15, 0.2) is 0 Å². The van der Waals surface area contributed by atoms with Crippen molar-refractivity contribution >= 4 is 47.2 Å². The molecule has 1 aromatic carbocycles. The van der Waals surface area contributed by atoms with Gasteiger partial charge in [0.05, 0.1) is 10.0 Å². The first-order valence-electron chi connectivity index (χ1n) is 5.32. The van der Waals surface area contributed by atoms with Gasteiger partial charge < -0.3 is 5.73 Å². The van der Waals surface area contributed by atoms with Crippen LogP contribution in [0.15, 0.2) is 12.1 Å². The highest BCUT2D eigenvalue weighted by Crippen LogP contribution is 2.36. The minimum Gasteiger partial charge on any atom is -0.324 e. The predicted octanol–water partition coefficient (Wildman–Crippen LogP) is 5.50. The third-order valence-corrected chi connectivity index (χ3v) is 3.65. The fourth-order valence-electron chi connectivity index (χ4n) is 1.54. The molecule has 0 aliphatic heterocycles. The topological polar surface area (TPSA) is 26.0 Å². The lowest BCUT2D eigenvalue weighted by Gasteiger charge is -2.17. The van der Waals surface area contributed by atoms with E-state index in [1.54, 1.807) is 12.1 Å². The van der Waals surface area contributed by atoms with E-state index in [1.165, 1.54) is 0 Å². The molecule has 0 unspecified atom stereocenters. The van der Waals surface area contributed by atoms with Crippen LogP contribution >= 0.6 is 47.2 Å². The fourth-order valence-corrected chi connectivity index (χ4v) is 2.36. The van der Waals surface area contributed by atoms with E-state index in [1.807, 2.05) is 0 Å². The Labute approximate surface area is 124 Å². The molecule has 1 rings (SSSR count). The van der Waals surface area contributed by atoms with Crippen molar-refractivity contribution in [2.75, 3.05) is 0 Å². The number of hydrogen-bond acceptors (Lipinski definition) is 1. The summed E-state index contributed by atoms with van der Waals surface area (Å²) in [4.78, 5) is 0. The average Bonchev–Trinajstić information content (AvgIpc) is 2.21. The Morgan fingerprint density at radius 1 is 1.06 bits per heavy atom. The van der Waals surface area contributed by atoms with Crippen molar-refractivity contribution in [3.8, 4) is 0 Å². The molecule has 0 radical (unpaired) electrons. The molecule has 0 saturated carbocycles. The van der Waals surface area contributed by atoms with Gasteiger partial charge in [-0.05, 0) is 30.9 Å². The molecule has 17 heavy (non-hydrogen) atoms. The van der Waals surface area contributed by atoms with Gasteiger partial charge in [0.1, 0.15) is 0 Å². The normalized spacial score (nSPS) is 12.4. The molecular formula is C12H17Cl4N. The zero-order valence-electron chi connectivity index (χ0n) is 9.84. The lowest BCUT2D eigenvalue weighted by atomic mass is 9.98. The Hall–Kier alpha value is 0.340. The van der Waals surface area contributed by atoms with Gasteiger partial charge in [-0.25, -0.2) is 0 Å². The third-order valence-electron chi connectivity index (χ3n) is 2.51. The SMILES string of the molecule is CC(C)CC[C@@H](N)c1c(Cl)ccc(Cl)c1Cl.Cl. The Morgan fingerprint density at radius 2 is 1.59 bits per heavy atom. The molecule has 0 spiro atoms. The van der Waals surface area contributed by atoms with E-state index < -0.39 is 0 Å². The van der Waals surface area contributed by atoms with Gasteiger partial charge >= 0.3 is 0 Å². The van der Waals surface area contributed by atoms with Crippen LogP contribution in [0.4, 0.5) is 0 Å². The van der Waals surface area contributed by atoms with Gasteiger partial charge in [-0.3, -0.25) is 0 Å². The second-order valence-corrected chi connectivity index (χ2v) is 5.53. The summed E-state index contributed by atoms with van der Waals surface area (Å²) < 4.78 is 0. The minimum absolute atomic E-state index is 0. The van der Waals surface area contributed by atoms with E-state index in [2.05, 4.69) is 13.8 Å². The summed E-state index contributed by atoms with van der Waals surface area (Å²) in [5.41, 5.74) is 6.85. The molecule has 0 heterocycles. The van der Waals surface area contributed by atoms with Crippen molar-refractivity contribution < 1.29 is 0 Å². The Bertz CT molecular complexity index is 366. The van der Waals surface area contributed by atoms with Crippen LogP contribution in [0.3, 0.4) is 0 Å². The van der Waals surface area contributed by atoms with Crippen LogP contribution in [-0.2, 0) is 0 Å². The van der Waals surface area contributed by atoms with Gasteiger partial charge in [0.25, 0.3) is 0 Å². The van der Waals surface area contributed by atoms with E-state index in [0.29, 0.717) is 21.0 Å². The van der Waals surface area contributed by atoms with Gasteiger partial charge in [-0.2, -0.15) is 0 Å². The maximum Gasteiger partial charge on any atom is 0.0654 e. The highest BCUT2D eigenvalue weighted by atomic mass is 35.5. The molecule has 0 amide bonds. The van der Waals surface area contributed by atoms with Crippen molar-refractivity contribution in [1.82, 2.24) is 0 Å². The van der Waals surface area contributed by atoms with Crippen molar-refractivity contribution in [2.45, 2.75) is 32.7 Å². The van der Waals surface area contributed by atoms with Gasteiger partial charge in [-0.15, -0.1) is 12.4 Å². The van der Waals surface area contributed by atoms with E-state index in [0.717, 1.165) is 18.4 Å². The highest BCUT2D eigenvalue weighted by Gasteiger charge is 2.16. The van der Waals surface area contributed by atoms with Crippen molar-refractivity contribution in [2.24, 2.45) is 11.7 Å². The molecule has 2 N–H and O–H groups in total. The summed E-state index contributed by atoms with van der Waals surface area (Å²) in [5.74, 6) is 0.614. The fraction of sp³-hybridized carbons (Fsp3) is 0.500. The number of rotatable bonds is 4. The second kappa shape index (κ2) is 7.70. The third kappa shape index (κ3) is 4.84. The smallest absolute Gasteiger partial charge is 0.0654 e. The lowest BCUT2D eigenvalue weighted by Crippen LogP contribution is -2.12. The number of hydrogen-bond donors (Lipinski definition) is 1. The first-order chi connectivity index (χ1) is 7.43. The minimum atomic E-state index is -0.152. The number of halogens is 4. The maximum absolute atomic E-state index is 6.11. The van der Waals surface area contributed by atoms with E-state index in [4.69, 9.17) is 40.5 Å². The monoisotopic (exact) mass is 315 g/mol. The predicted molar refractivity (Wildman–Crippen MR) is 79.7 cm³/mol. The lowest BCUT2D eigenvalue weighted by molar-refractivity contribution is 0.507. The van der Waals surface area contributed by atoms with Gasteiger partial charge in [-0.1, -0.05) is 48.7 Å². The zero-order chi connectivity index (χ0) is 12.3. The summed E-state index contributed by atoms with van der Waals surface area (Å²) >= 11 is 18.1. The molecule has 0 aliphatic rings. The average molecular weight is 317 g/mol.